The maximum atomic E-state index is 13.6. The SMILES string of the molecule is CCOC(=O)c1cc(Cl)c(CN2CC[C@@H](CC(=O)OC(C)(C)C)C2)c(C(F)(F)F)c1. The topological polar surface area (TPSA) is 55.8 Å². The normalized spacial score (nSPS) is 17.8. The lowest BCUT2D eigenvalue weighted by Crippen LogP contribution is -2.27. The molecule has 0 N–H and O–H groups in total. The van der Waals surface area contributed by atoms with E-state index < -0.39 is 23.3 Å². The third-order valence-electron chi connectivity index (χ3n) is 4.64. The molecule has 0 bridgehead atoms. The summed E-state index contributed by atoms with van der Waals surface area (Å²) in [6.45, 7) is 7.95. The highest BCUT2D eigenvalue weighted by molar-refractivity contribution is 6.31. The summed E-state index contributed by atoms with van der Waals surface area (Å²) in [6.07, 6.45) is -3.77. The first-order valence-electron chi connectivity index (χ1n) is 9.81. The van der Waals surface area contributed by atoms with Gasteiger partial charge < -0.3 is 9.47 Å². The average Bonchev–Trinajstić information content (AvgIpc) is 3.00. The molecule has 0 aliphatic carbocycles. The third-order valence-corrected chi connectivity index (χ3v) is 4.98. The van der Waals surface area contributed by atoms with E-state index in [1.807, 2.05) is 4.90 Å². The molecule has 2 rings (SSSR count). The first kappa shape index (κ1) is 24.5. The number of ether oxygens (including phenoxy) is 2. The standard InChI is InChI=1S/C21H27ClF3NO4/c1-5-29-19(28)14-9-16(21(23,24)25)15(17(22)10-14)12-26-7-6-13(11-26)8-18(27)30-20(2,3)4/h9-10,13H,5-8,11-12H2,1-4H3/t13-/m0/s1. The quantitative estimate of drug-likeness (QED) is 0.566. The van der Waals surface area contributed by atoms with Gasteiger partial charge in [0.1, 0.15) is 5.60 Å². The van der Waals surface area contributed by atoms with Gasteiger partial charge in [0.25, 0.3) is 0 Å². The average molecular weight is 450 g/mol. The zero-order valence-electron chi connectivity index (χ0n) is 17.6. The van der Waals surface area contributed by atoms with Gasteiger partial charge in [0, 0.05) is 24.5 Å². The van der Waals surface area contributed by atoms with E-state index in [0.29, 0.717) is 19.5 Å². The van der Waals surface area contributed by atoms with Gasteiger partial charge in [-0.1, -0.05) is 11.6 Å². The summed E-state index contributed by atoms with van der Waals surface area (Å²) < 4.78 is 51.1. The number of hydrogen-bond donors (Lipinski definition) is 0. The predicted molar refractivity (Wildman–Crippen MR) is 106 cm³/mol. The van der Waals surface area contributed by atoms with Crippen molar-refractivity contribution in [3.63, 3.8) is 0 Å². The Balaban J connectivity index is 2.14. The van der Waals surface area contributed by atoms with Gasteiger partial charge in [0.05, 0.1) is 17.7 Å². The van der Waals surface area contributed by atoms with E-state index in [9.17, 15) is 22.8 Å². The molecule has 1 heterocycles. The van der Waals surface area contributed by atoms with Gasteiger partial charge >= 0.3 is 18.1 Å². The molecule has 1 aromatic carbocycles. The second-order valence-corrected chi connectivity index (χ2v) is 8.79. The van der Waals surface area contributed by atoms with Crippen LogP contribution in [0, 0.1) is 5.92 Å². The van der Waals surface area contributed by atoms with Crippen LogP contribution in [-0.2, 0) is 27.0 Å². The lowest BCUT2D eigenvalue weighted by atomic mass is 10.0. The molecule has 9 heteroatoms. The minimum absolute atomic E-state index is 0.00627. The molecule has 1 aliphatic heterocycles. The van der Waals surface area contributed by atoms with E-state index in [2.05, 4.69) is 0 Å². The number of nitrogens with zero attached hydrogens (tertiary/aromatic N) is 1. The Morgan fingerprint density at radius 3 is 2.47 bits per heavy atom. The van der Waals surface area contributed by atoms with Crippen molar-refractivity contribution in [2.75, 3.05) is 19.7 Å². The fraction of sp³-hybridized carbons (Fsp3) is 0.619. The lowest BCUT2D eigenvalue weighted by Gasteiger charge is -2.22. The fourth-order valence-corrected chi connectivity index (χ4v) is 3.73. The molecule has 1 fully saturated rings. The number of carbonyl (C=O) groups is 2. The minimum Gasteiger partial charge on any atom is -0.462 e. The van der Waals surface area contributed by atoms with Crippen molar-refractivity contribution >= 4 is 23.5 Å². The molecule has 1 saturated heterocycles. The molecule has 1 aromatic rings. The maximum Gasteiger partial charge on any atom is 0.416 e. The largest absolute Gasteiger partial charge is 0.462 e. The zero-order chi connectivity index (χ0) is 22.7. The number of likely N-dealkylation sites (tertiary alicyclic amines) is 1. The molecule has 1 aliphatic rings. The second kappa shape index (κ2) is 9.56. The molecule has 0 aromatic heterocycles. The number of rotatable bonds is 6. The Bertz CT molecular complexity index is 790. The van der Waals surface area contributed by atoms with Crippen molar-refractivity contribution in [2.45, 2.75) is 58.9 Å². The number of carbonyl (C=O) groups excluding carboxylic acids is 2. The number of alkyl halides is 3. The molecule has 0 saturated carbocycles. The van der Waals surface area contributed by atoms with E-state index in [0.717, 1.165) is 6.07 Å². The Kier molecular flexibility index (Phi) is 7.80. The van der Waals surface area contributed by atoms with Crippen LogP contribution in [0.3, 0.4) is 0 Å². The molecule has 1 atom stereocenters. The van der Waals surface area contributed by atoms with E-state index in [1.165, 1.54) is 6.07 Å². The van der Waals surface area contributed by atoms with Crippen molar-refractivity contribution < 1.29 is 32.2 Å². The van der Waals surface area contributed by atoms with E-state index in [-0.39, 0.29) is 47.6 Å². The highest BCUT2D eigenvalue weighted by Gasteiger charge is 2.37. The molecule has 0 spiro atoms. The van der Waals surface area contributed by atoms with Crippen LogP contribution in [0.2, 0.25) is 5.02 Å². The van der Waals surface area contributed by atoms with Crippen LogP contribution in [0.15, 0.2) is 12.1 Å². The fourth-order valence-electron chi connectivity index (χ4n) is 3.45. The Morgan fingerprint density at radius 1 is 1.23 bits per heavy atom. The number of halogens is 4. The number of hydrogen-bond acceptors (Lipinski definition) is 5. The van der Waals surface area contributed by atoms with Gasteiger partial charge in [-0.25, -0.2) is 4.79 Å². The molecule has 0 amide bonds. The molecule has 5 nitrogen and oxygen atoms in total. The van der Waals surface area contributed by atoms with Crippen molar-refractivity contribution in [3.8, 4) is 0 Å². The summed E-state index contributed by atoms with van der Waals surface area (Å²) in [5.41, 5.74) is -1.85. The molecule has 0 unspecified atom stereocenters. The molecule has 0 radical (unpaired) electrons. The van der Waals surface area contributed by atoms with Crippen LogP contribution in [0.25, 0.3) is 0 Å². The van der Waals surface area contributed by atoms with Crippen LogP contribution in [0.5, 0.6) is 0 Å². The van der Waals surface area contributed by atoms with Crippen LogP contribution < -0.4 is 0 Å². The van der Waals surface area contributed by atoms with Crippen LogP contribution in [0.4, 0.5) is 13.2 Å². The summed E-state index contributed by atoms with van der Waals surface area (Å²) in [7, 11) is 0. The maximum absolute atomic E-state index is 13.6. The van der Waals surface area contributed by atoms with Gasteiger partial charge in [-0.05, 0) is 64.3 Å². The Labute approximate surface area is 179 Å². The van der Waals surface area contributed by atoms with Crippen LogP contribution in [0.1, 0.15) is 62.0 Å². The smallest absolute Gasteiger partial charge is 0.416 e. The monoisotopic (exact) mass is 449 g/mol. The zero-order valence-corrected chi connectivity index (χ0v) is 18.3. The number of benzene rings is 1. The van der Waals surface area contributed by atoms with Crippen molar-refractivity contribution in [1.82, 2.24) is 4.90 Å². The second-order valence-electron chi connectivity index (χ2n) is 8.38. The summed E-state index contributed by atoms with van der Waals surface area (Å²) >= 11 is 6.15. The molecule has 168 valence electrons. The number of esters is 2. The molecule has 30 heavy (non-hydrogen) atoms. The summed E-state index contributed by atoms with van der Waals surface area (Å²) in [5, 5.41) is -0.136. The van der Waals surface area contributed by atoms with Crippen molar-refractivity contribution in [2.24, 2.45) is 5.92 Å². The van der Waals surface area contributed by atoms with Gasteiger partial charge in [-0.15, -0.1) is 0 Å². The minimum atomic E-state index is -4.67. The van der Waals surface area contributed by atoms with Gasteiger partial charge in [-0.2, -0.15) is 13.2 Å². The van der Waals surface area contributed by atoms with Crippen molar-refractivity contribution in [1.29, 1.82) is 0 Å². The molecular weight excluding hydrogens is 423 g/mol. The predicted octanol–water partition coefficient (Wildman–Crippen LogP) is 5.09. The van der Waals surface area contributed by atoms with Crippen LogP contribution in [-0.4, -0.2) is 42.1 Å². The van der Waals surface area contributed by atoms with Gasteiger partial charge in [0.2, 0.25) is 0 Å². The lowest BCUT2D eigenvalue weighted by molar-refractivity contribution is -0.155. The van der Waals surface area contributed by atoms with Gasteiger partial charge in [0.15, 0.2) is 0 Å². The highest BCUT2D eigenvalue weighted by Crippen LogP contribution is 2.38. The third kappa shape index (κ3) is 6.87. The first-order chi connectivity index (χ1) is 13.8. The Hall–Kier alpha value is -1.80. The Morgan fingerprint density at radius 2 is 1.90 bits per heavy atom. The summed E-state index contributed by atoms with van der Waals surface area (Å²) in [4.78, 5) is 25.7. The van der Waals surface area contributed by atoms with Gasteiger partial charge in [-0.3, -0.25) is 9.69 Å². The van der Waals surface area contributed by atoms with E-state index in [4.69, 9.17) is 21.1 Å². The van der Waals surface area contributed by atoms with Crippen molar-refractivity contribution in [3.05, 3.63) is 33.8 Å². The first-order valence-corrected chi connectivity index (χ1v) is 10.2. The van der Waals surface area contributed by atoms with E-state index >= 15 is 0 Å². The van der Waals surface area contributed by atoms with E-state index in [1.54, 1.807) is 27.7 Å². The highest BCUT2D eigenvalue weighted by atomic mass is 35.5. The summed E-state index contributed by atoms with van der Waals surface area (Å²) in [5.74, 6) is -1.16. The van der Waals surface area contributed by atoms with Crippen LogP contribution >= 0.6 is 11.6 Å². The molecular formula is C21H27ClF3NO4. The summed E-state index contributed by atoms with van der Waals surface area (Å²) in [6, 6.07) is 1.99.